The van der Waals surface area contributed by atoms with E-state index in [1.165, 1.54) is 23.4 Å². The molecule has 4 heteroatoms. The SMILES string of the molecule is CN1CCc2cc(NC(=O)c3ccccc3F)ccc21. The molecular formula is C16H15FN2O. The van der Waals surface area contributed by atoms with Crippen LogP contribution in [0.25, 0.3) is 0 Å². The van der Waals surface area contributed by atoms with E-state index in [4.69, 9.17) is 0 Å². The van der Waals surface area contributed by atoms with Gasteiger partial charge in [-0.15, -0.1) is 0 Å². The minimum absolute atomic E-state index is 0.0603. The van der Waals surface area contributed by atoms with Crippen molar-refractivity contribution in [2.45, 2.75) is 6.42 Å². The van der Waals surface area contributed by atoms with E-state index in [-0.39, 0.29) is 5.56 Å². The second-order valence-electron chi connectivity index (χ2n) is 4.95. The topological polar surface area (TPSA) is 32.3 Å². The van der Waals surface area contributed by atoms with Crippen molar-refractivity contribution in [2.24, 2.45) is 0 Å². The minimum Gasteiger partial charge on any atom is -0.374 e. The zero-order valence-electron chi connectivity index (χ0n) is 11.2. The van der Waals surface area contributed by atoms with Crippen LogP contribution in [0.2, 0.25) is 0 Å². The van der Waals surface area contributed by atoms with Gasteiger partial charge < -0.3 is 10.2 Å². The predicted octanol–water partition coefficient (Wildman–Crippen LogP) is 3.07. The van der Waals surface area contributed by atoms with Gasteiger partial charge in [0.05, 0.1) is 5.56 Å². The first-order chi connectivity index (χ1) is 9.65. The fourth-order valence-electron chi connectivity index (χ4n) is 2.49. The van der Waals surface area contributed by atoms with Gasteiger partial charge in [-0.3, -0.25) is 4.79 Å². The Morgan fingerprint density at radius 2 is 2.05 bits per heavy atom. The molecule has 0 saturated heterocycles. The maximum absolute atomic E-state index is 13.5. The molecule has 0 unspecified atom stereocenters. The molecule has 1 N–H and O–H groups in total. The second kappa shape index (κ2) is 4.96. The lowest BCUT2D eigenvalue weighted by molar-refractivity contribution is 0.102. The Bertz CT molecular complexity index is 669. The fourth-order valence-corrected chi connectivity index (χ4v) is 2.49. The Morgan fingerprint density at radius 3 is 2.85 bits per heavy atom. The second-order valence-corrected chi connectivity index (χ2v) is 4.95. The average Bonchev–Trinajstić information content (AvgIpc) is 2.80. The number of nitrogens with one attached hydrogen (secondary N) is 1. The maximum atomic E-state index is 13.5. The predicted molar refractivity (Wildman–Crippen MR) is 77.8 cm³/mol. The van der Waals surface area contributed by atoms with Crippen molar-refractivity contribution in [1.29, 1.82) is 0 Å². The van der Waals surface area contributed by atoms with Crippen molar-refractivity contribution < 1.29 is 9.18 Å². The van der Waals surface area contributed by atoms with Crippen molar-refractivity contribution in [3.63, 3.8) is 0 Å². The van der Waals surface area contributed by atoms with Gasteiger partial charge >= 0.3 is 0 Å². The van der Waals surface area contributed by atoms with E-state index in [1.807, 2.05) is 25.2 Å². The Balaban J connectivity index is 1.82. The number of carbonyl (C=O) groups is 1. The van der Waals surface area contributed by atoms with Crippen molar-refractivity contribution in [1.82, 2.24) is 0 Å². The van der Waals surface area contributed by atoms with E-state index < -0.39 is 11.7 Å². The van der Waals surface area contributed by atoms with Crippen LogP contribution in [0.4, 0.5) is 15.8 Å². The van der Waals surface area contributed by atoms with E-state index >= 15 is 0 Å². The highest BCUT2D eigenvalue weighted by Gasteiger charge is 2.17. The van der Waals surface area contributed by atoms with Crippen LogP contribution >= 0.6 is 0 Å². The lowest BCUT2D eigenvalue weighted by Gasteiger charge is -2.12. The van der Waals surface area contributed by atoms with Gasteiger partial charge in [0.15, 0.2) is 0 Å². The number of carbonyl (C=O) groups excluding carboxylic acids is 1. The van der Waals surface area contributed by atoms with Crippen LogP contribution in [0.5, 0.6) is 0 Å². The van der Waals surface area contributed by atoms with Crippen LogP contribution in [0.15, 0.2) is 42.5 Å². The number of amides is 1. The normalized spacial score (nSPS) is 13.2. The molecular weight excluding hydrogens is 255 g/mol. The highest BCUT2D eigenvalue weighted by molar-refractivity contribution is 6.04. The number of nitrogens with zero attached hydrogens (tertiary/aromatic N) is 1. The van der Waals surface area contributed by atoms with Gasteiger partial charge in [-0.05, 0) is 42.3 Å². The first kappa shape index (κ1) is 12.7. The first-order valence-corrected chi connectivity index (χ1v) is 6.55. The third kappa shape index (κ3) is 2.25. The number of benzene rings is 2. The number of anilines is 2. The number of rotatable bonds is 2. The van der Waals surface area contributed by atoms with Crippen LogP contribution in [-0.4, -0.2) is 19.5 Å². The molecule has 2 aromatic carbocycles. The van der Waals surface area contributed by atoms with Gasteiger partial charge in [0.2, 0.25) is 0 Å². The molecule has 3 rings (SSSR count). The summed E-state index contributed by atoms with van der Waals surface area (Å²) >= 11 is 0. The van der Waals surface area contributed by atoms with Crippen molar-refractivity contribution in [3.8, 4) is 0 Å². The molecule has 0 radical (unpaired) electrons. The maximum Gasteiger partial charge on any atom is 0.258 e. The number of halogens is 1. The van der Waals surface area contributed by atoms with Gasteiger partial charge in [0, 0.05) is 25.0 Å². The average molecular weight is 270 g/mol. The van der Waals surface area contributed by atoms with E-state index in [0.29, 0.717) is 5.69 Å². The summed E-state index contributed by atoms with van der Waals surface area (Å²) in [7, 11) is 2.05. The molecule has 0 spiro atoms. The highest BCUT2D eigenvalue weighted by atomic mass is 19.1. The standard InChI is InChI=1S/C16H15FN2O/c1-19-9-8-11-10-12(6-7-15(11)19)18-16(20)13-4-2-3-5-14(13)17/h2-7,10H,8-9H2,1H3,(H,18,20). The summed E-state index contributed by atoms with van der Waals surface area (Å²) in [5.41, 5.74) is 3.16. The van der Waals surface area contributed by atoms with Crippen molar-refractivity contribution >= 4 is 17.3 Å². The third-order valence-corrected chi connectivity index (χ3v) is 3.58. The Kier molecular flexibility index (Phi) is 3.14. The summed E-state index contributed by atoms with van der Waals surface area (Å²) in [6, 6.07) is 11.8. The van der Waals surface area contributed by atoms with E-state index in [0.717, 1.165) is 13.0 Å². The molecule has 2 aromatic rings. The van der Waals surface area contributed by atoms with E-state index in [9.17, 15) is 9.18 Å². The molecule has 20 heavy (non-hydrogen) atoms. The van der Waals surface area contributed by atoms with Crippen LogP contribution in [-0.2, 0) is 6.42 Å². The van der Waals surface area contributed by atoms with Crippen LogP contribution < -0.4 is 10.2 Å². The zero-order chi connectivity index (χ0) is 14.1. The molecule has 1 amide bonds. The minimum atomic E-state index is -0.508. The number of fused-ring (bicyclic) bond motifs is 1. The summed E-state index contributed by atoms with van der Waals surface area (Å²) < 4.78 is 13.5. The van der Waals surface area contributed by atoms with Crippen LogP contribution in [0.3, 0.4) is 0 Å². The van der Waals surface area contributed by atoms with E-state index in [2.05, 4.69) is 10.2 Å². The van der Waals surface area contributed by atoms with Crippen LogP contribution in [0, 0.1) is 5.82 Å². The zero-order valence-corrected chi connectivity index (χ0v) is 11.2. The van der Waals surface area contributed by atoms with Crippen molar-refractivity contribution in [2.75, 3.05) is 23.8 Å². The highest BCUT2D eigenvalue weighted by Crippen LogP contribution is 2.29. The van der Waals surface area contributed by atoms with Gasteiger partial charge in [0.1, 0.15) is 5.82 Å². The molecule has 1 heterocycles. The van der Waals surface area contributed by atoms with Gasteiger partial charge in [-0.1, -0.05) is 12.1 Å². The fraction of sp³-hybridized carbons (Fsp3) is 0.188. The Labute approximate surface area is 117 Å². The summed E-state index contributed by atoms with van der Waals surface area (Å²) in [6.45, 7) is 0.986. The van der Waals surface area contributed by atoms with Crippen LogP contribution in [0.1, 0.15) is 15.9 Å². The third-order valence-electron chi connectivity index (χ3n) is 3.58. The molecule has 0 aromatic heterocycles. The molecule has 0 fully saturated rings. The first-order valence-electron chi connectivity index (χ1n) is 6.55. The summed E-state index contributed by atoms with van der Waals surface area (Å²) in [6.07, 6.45) is 0.968. The molecule has 0 saturated carbocycles. The summed E-state index contributed by atoms with van der Waals surface area (Å²) in [4.78, 5) is 14.2. The molecule has 102 valence electrons. The Hall–Kier alpha value is -2.36. The number of likely N-dealkylation sites (N-methyl/N-ethyl adjacent to an activating group) is 1. The van der Waals surface area contributed by atoms with Gasteiger partial charge in [-0.25, -0.2) is 4.39 Å². The molecule has 1 aliphatic rings. The molecule has 1 aliphatic heterocycles. The lowest BCUT2D eigenvalue weighted by Crippen LogP contribution is -2.14. The smallest absolute Gasteiger partial charge is 0.258 e. The van der Waals surface area contributed by atoms with Gasteiger partial charge in [0.25, 0.3) is 5.91 Å². The number of hydrogen-bond acceptors (Lipinski definition) is 2. The molecule has 0 aliphatic carbocycles. The quantitative estimate of drug-likeness (QED) is 0.909. The largest absolute Gasteiger partial charge is 0.374 e. The molecule has 0 atom stereocenters. The van der Waals surface area contributed by atoms with Crippen molar-refractivity contribution in [3.05, 3.63) is 59.4 Å². The summed E-state index contributed by atoms with van der Waals surface area (Å²) in [5.74, 6) is -0.930. The molecule has 0 bridgehead atoms. The lowest BCUT2D eigenvalue weighted by atomic mass is 10.1. The monoisotopic (exact) mass is 270 g/mol. The number of hydrogen-bond donors (Lipinski definition) is 1. The van der Waals surface area contributed by atoms with Gasteiger partial charge in [-0.2, -0.15) is 0 Å². The Morgan fingerprint density at radius 1 is 1.25 bits per heavy atom. The van der Waals surface area contributed by atoms with E-state index in [1.54, 1.807) is 12.1 Å². The molecule has 3 nitrogen and oxygen atoms in total. The summed E-state index contributed by atoms with van der Waals surface area (Å²) in [5, 5.41) is 2.75.